The molecule has 4 nitrogen and oxygen atoms in total. The molecule has 176 valence electrons. The van der Waals surface area contributed by atoms with Crippen LogP contribution in [-0.4, -0.2) is 34.5 Å². The first-order valence-electron chi connectivity index (χ1n) is 12.7. The number of esters is 1. The number of carbonyl (C=O) groups excluding carboxylic acids is 1. The van der Waals surface area contributed by atoms with Crippen molar-refractivity contribution in [2.45, 2.75) is 90.3 Å². The van der Waals surface area contributed by atoms with E-state index in [1.54, 1.807) is 0 Å². The Morgan fingerprint density at radius 1 is 1.09 bits per heavy atom. The van der Waals surface area contributed by atoms with Crippen molar-refractivity contribution >= 4 is 5.97 Å². The summed E-state index contributed by atoms with van der Waals surface area (Å²) in [5, 5.41) is 23.3. The molecule has 2 unspecified atom stereocenters. The molecule has 7 atom stereocenters. The predicted octanol–water partition coefficient (Wildman–Crippen LogP) is 4.91. The normalized spacial score (nSPS) is 44.4. The van der Waals surface area contributed by atoms with Crippen molar-refractivity contribution < 1.29 is 19.7 Å². The summed E-state index contributed by atoms with van der Waals surface area (Å²) in [6, 6.07) is 9.60. The van der Waals surface area contributed by atoms with Crippen LogP contribution in [0.5, 0.6) is 0 Å². The molecule has 2 N–H and O–H groups in total. The van der Waals surface area contributed by atoms with Gasteiger partial charge in [-0.25, -0.2) is 0 Å². The maximum atomic E-state index is 12.5. The molecule has 0 heterocycles. The molecule has 5 rings (SSSR count). The van der Waals surface area contributed by atoms with Crippen molar-refractivity contribution in [2.24, 2.45) is 34.0 Å². The molecule has 4 fully saturated rings. The molecule has 2 bridgehead atoms. The van der Waals surface area contributed by atoms with E-state index in [1.807, 2.05) is 30.3 Å². The number of aliphatic hydroxyl groups is 2. The molecule has 4 heteroatoms. The van der Waals surface area contributed by atoms with Crippen molar-refractivity contribution in [3.05, 3.63) is 35.9 Å². The second-order valence-electron chi connectivity index (χ2n) is 12.5. The highest BCUT2D eigenvalue weighted by atomic mass is 16.5. The number of ether oxygens (including phenoxy) is 1. The van der Waals surface area contributed by atoms with Crippen LogP contribution in [0.25, 0.3) is 0 Å². The lowest BCUT2D eigenvalue weighted by Gasteiger charge is -2.65. The van der Waals surface area contributed by atoms with Gasteiger partial charge in [0, 0.05) is 5.41 Å². The van der Waals surface area contributed by atoms with Crippen LogP contribution >= 0.6 is 0 Å². The van der Waals surface area contributed by atoms with Gasteiger partial charge in [-0.15, -0.1) is 0 Å². The van der Waals surface area contributed by atoms with E-state index in [0.29, 0.717) is 18.3 Å². The highest BCUT2D eigenvalue weighted by Crippen LogP contribution is 2.72. The zero-order valence-corrected chi connectivity index (χ0v) is 20.0. The van der Waals surface area contributed by atoms with E-state index in [1.165, 1.54) is 19.3 Å². The monoisotopic (exact) mass is 440 g/mol. The molecular weight excluding hydrogens is 400 g/mol. The Kier molecular flexibility index (Phi) is 5.30. The van der Waals surface area contributed by atoms with Crippen LogP contribution in [0.2, 0.25) is 0 Å². The number of hydrogen-bond donors (Lipinski definition) is 2. The van der Waals surface area contributed by atoms with Gasteiger partial charge in [-0.2, -0.15) is 0 Å². The molecule has 1 aromatic rings. The summed E-state index contributed by atoms with van der Waals surface area (Å²) in [7, 11) is 0. The van der Waals surface area contributed by atoms with Gasteiger partial charge in [0.2, 0.25) is 0 Å². The predicted molar refractivity (Wildman–Crippen MR) is 124 cm³/mol. The number of hydrogen-bond acceptors (Lipinski definition) is 4. The molecule has 0 amide bonds. The van der Waals surface area contributed by atoms with Crippen LogP contribution in [0.3, 0.4) is 0 Å². The fourth-order valence-electron chi connectivity index (χ4n) is 9.02. The second-order valence-corrected chi connectivity index (χ2v) is 12.5. The van der Waals surface area contributed by atoms with E-state index in [9.17, 15) is 15.0 Å². The molecule has 0 saturated heterocycles. The largest absolute Gasteiger partial charge is 0.462 e. The third-order valence-corrected chi connectivity index (χ3v) is 10.4. The van der Waals surface area contributed by atoms with E-state index < -0.39 is 5.60 Å². The summed E-state index contributed by atoms with van der Waals surface area (Å²) in [5.74, 6) is 0.789. The maximum Gasteiger partial charge on any atom is 0.310 e. The molecule has 1 spiro atoms. The van der Waals surface area contributed by atoms with Gasteiger partial charge in [0.1, 0.15) is 12.2 Å². The van der Waals surface area contributed by atoms with Gasteiger partial charge in [0.25, 0.3) is 0 Å². The summed E-state index contributed by atoms with van der Waals surface area (Å²) >= 11 is 0. The molecule has 0 aromatic heterocycles. The lowest BCUT2D eigenvalue weighted by Crippen LogP contribution is -2.61. The number of fused-ring (bicyclic) bond motifs is 3. The molecule has 0 aliphatic heterocycles. The number of aliphatic hydroxyl groups excluding tert-OH is 1. The Morgan fingerprint density at radius 3 is 2.59 bits per heavy atom. The maximum absolute atomic E-state index is 12.5. The summed E-state index contributed by atoms with van der Waals surface area (Å²) in [6.45, 7) is 7.32. The van der Waals surface area contributed by atoms with Gasteiger partial charge in [-0.05, 0) is 79.1 Å². The summed E-state index contributed by atoms with van der Waals surface area (Å²) in [4.78, 5) is 12.5. The van der Waals surface area contributed by atoms with E-state index in [4.69, 9.17) is 4.74 Å². The molecule has 4 saturated carbocycles. The minimum atomic E-state index is -1.02. The third kappa shape index (κ3) is 3.36. The highest BCUT2D eigenvalue weighted by Gasteiger charge is 2.70. The van der Waals surface area contributed by atoms with Crippen molar-refractivity contribution in [3.8, 4) is 0 Å². The van der Waals surface area contributed by atoms with E-state index in [2.05, 4.69) is 20.8 Å². The highest BCUT2D eigenvalue weighted by molar-refractivity contribution is 5.72. The number of benzene rings is 1. The third-order valence-electron chi connectivity index (χ3n) is 10.4. The van der Waals surface area contributed by atoms with Crippen molar-refractivity contribution in [1.82, 2.24) is 0 Å². The topological polar surface area (TPSA) is 66.8 Å². The van der Waals surface area contributed by atoms with Gasteiger partial charge in [0.15, 0.2) is 0 Å². The zero-order valence-electron chi connectivity index (χ0n) is 20.0. The Labute approximate surface area is 192 Å². The minimum absolute atomic E-state index is 0.0517. The Hall–Kier alpha value is -1.39. The first-order valence-corrected chi connectivity index (χ1v) is 12.7. The van der Waals surface area contributed by atoms with Gasteiger partial charge in [-0.3, -0.25) is 4.79 Å². The van der Waals surface area contributed by atoms with Crippen LogP contribution in [0.4, 0.5) is 0 Å². The molecule has 4 aliphatic rings. The molecule has 0 radical (unpaired) electrons. The van der Waals surface area contributed by atoms with E-state index in [0.717, 1.165) is 31.2 Å². The Bertz CT molecular complexity index is 865. The first kappa shape index (κ1) is 22.4. The van der Waals surface area contributed by atoms with Crippen molar-refractivity contribution in [3.63, 3.8) is 0 Å². The fraction of sp³-hybridized carbons (Fsp3) is 0.750. The standard InChI is InChI=1S/C28H40O4/c1-25(2)12-7-13-26(3)21-11-10-20-16-27(21,23(29)15-22(25)26)17-28(20,31)18-32-24(30)14-19-8-5-4-6-9-19/h4-6,8-9,20-23,29,31H,7,10-18H2,1-3H3/t20?,21-,22+,23?,26+,27-,28+/m1/s1. The van der Waals surface area contributed by atoms with Crippen molar-refractivity contribution in [2.75, 3.05) is 6.61 Å². The first-order chi connectivity index (χ1) is 15.1. The lowest BCUT2D eigenvalue weighted by molar-refractivity contribution is -0.198. The van der Waals surface area contributed by atoms with Gasteiger partial charge < -0.3 is 14.9 Å². The van der Waals surface area contributed by atoms with Crippen LogP contribution < -0.4 is 0 Å². The average Bonchev–Trinajstić information content (AvgIpc) is 2.96. The molecule has 32 heavy (non-hydrogen) atoms. The van der Waals surface area contributed by atoms with Gasteiger partial charge in [-0.1, -0.05) is 57.5 Å². The molecular formula is C28H40O4. The van der Waals surface area contributed by atoms with E-state index in [-0.39, 0.29) is 47.3 Å². The molecule has 4 aliphatic carbocycles. The zero-order chi connectivity index (χ0) is 22.8. The van der Waals surface area contributed by atoms with Crippen LogP contribution in [0.15, 0.2) is 30.3 Å². The summed E-state index contributed by atoms with van der Waals surface area (Å²) in [5.41, 5.74) is 0.155. The Morgan fingerprint density at radius 2 is 1.84 bits per heavy atom. The molecule has 1 aromatic carbocycles. The Balaban J connectivity index is 1.34. The smallest absolute Gasteiger partial charge is 0.310 e. The van der Waals surface area contributed by atoms with Crippen LogP contribution in [0, 0.1) is 34.0 Å². The summed E-state index contributed by atoms with van der Waals surface area (Å²) in [6.07, 6.45) is 7.90. The summed E-state index contributed by atoms with van der Waals surface area (Å²) < 4.78 is 5.65. The second kappa shape index (κ2) is 7.56. The van der Waals surface area contributed by atoms with Gasteiger partial charge >= 0.3 is 5.97 Å². The fourth-order valence-corrected chi connectivity index (χ4v) is 9.02. The average molecular weight is 441 g/mol. The van der Waals surface area contributed by atoms with Crippen LogP contribution in [-0.2, 0) is 16.0 Å². The SMILES string of the molecule is CC1(C)CCC[C@]2(C)[C@H]1CC(O)[C@@]13CC(CC[C@@H]12)[C@@](O)(COC(=O)Cc1ccccc1)C3. The number of rotatable bonds is 4. The minimum Gasteiger partial charge on any atom is -0.462 e. The number of carbonyl (C=O) groups is 1. The van der Waals surface area contributed by atoms with Crippen LogP contribution in [0.1, 0.15) is 77.7 Å². The van der Waals surface area contributed by atoms with E-state index >= 15 is 0 Å². The quantitative estimate of drug-likeness (QED) is 0.653. The van der Waals surface area contributed by atoms with Gasteiger partial charge in [0.05, 0.1) is 12.5 Å². The lowest BCUT2D eigenvalue weighted by atomic mass is 9.40. The van der Waals surface area contributed by atoms with Crippen molar-refractivity contribution in [1.29, 1.82) is 0 Å².